The van der Waals surface area contributed by atoms with E-state index in [0.29, 0.717) is 12.0 Å². The lowest BCUT2D eigenvalue weighted by molar-refractivity contribution is 0.150. The predicted octanol–water partition coefficient (Wildman–Crippen LogP) is 1.96. The standard InChI is InChI=1S/C15H22N4OS/c1-11(2)16-15(9-20,12-6-7-12)10-21-14-18-17-13-5-3-4-8-19(13)14/h3-5,8,11-12,16,20H,6-7,9-10H2,1-2H3. The Labute approximate surface area is 129 Å². The quantitative estimate of drug-likeness (QED) is 0.766. The summed E-state index contributed by atoms with van der Waals surface area (Å²) in [4.78, 5) is 0. The van der Waals surface area contributed by atoms with Crippen molar-refractivity contribution >= 4 is 17.4 Å². The second kappa shape index (κ2) is 5.94. The van der Waals surface area contributed by atoms with Gasteiger partial charge in [0.25, 0.3) is 0 Å². The SMILES string of the molecule is CC(C)NC(CO)(CSc1nnc2ccccn12)C1CC1. The van der Waals surface area contributed by atoms with Crippen molar-refractivity contribution in [3.8, 4) is 0 Å². The minimum atomic E-state index is -0.209. The number of hydrogen-bond donors (Lipinski definition) is 2. The van der Waals surface area contributed by atoms with Gasteiger partial charge >= 0.3 is 0 Å². The van der Waals surface area contributed by atoms with Crippen molar-refractivity contribution in [1.29, 1.82) is 0 Å². The summed E-state index contributed by atoms with van der Waals surface area (Å²) in [5.41, 5.74) is 0.650. The zero-order chi connectivity index (χ0) is 14.9. The fourth-order valence-electron chi connectivity index (χ4n) is 2.82. The first-order chi connectivity index (χ1) is 10.1. The van der Waals surface area contributed by atoms with Crippen LogP contribution in [0, 0.1) is 5.92 Å². The Balaban J connectivity index is 1.77. The third kappa shape index (κ3) is 3.07. The van der Waals surface area contributed by atoms with Crippen LogP contribution in [0.1, 0.15) is 26.7 Å². The molecule has 2 heterocycles. The lowest BCUT2D eigenvalue weighted by atomic mass is 9.95. The highest BCUT2D eigenvalue weighted by atomic mass is 32.2. The highest BCUT2D eigenvalue weighted by Gasteiger charge is 2.45. The van der Waals surface area contributed by atoms with Crippen LogP contribution in [0.2, 0.25) is 0 Å². The largest absolute Gasteiger partial charge is 0.394 e. The number of aromatic nitrogens is 3. The lowest BCUT2D eigenvalue weighted by Gasteiger charge is -2.35. The Morgan fingerprint density at radius 1 is 1.43 bits per heavy atom. The van der Waals surface area contributed by atoms with E-state index in [1.165, 1.54) is 12.8 Å². The van der Waals surface area contributed by atoms with E-state index in [0.717, 1.165) is 16.6 Å². The van der Waals surface area contributed by atoms with E-state index >= 15 is 0 Å². The third-order valence-corrected chi connectivity index (χ3v) is 5.15. The molecule has 114 valence electrons. The normalized spacial score (nSPS) is 18.3. The summed E-state index contributed by atoms with van der Waals surface area (Å²) in [5.74, 6) is 1.37. The molecule has 1 fully saturated rings. The number of aliphatic hydroxyl groups excluding tert-OH is 1. The molecule has 21 heavy (non-hydrogen) atoms. The molecule has 1 aliphatic carbocycles. The summed E-state index contributed by atoms with van der Waals surface area (Å²) in [5, 5.41) is 22.9. The van der Waals surface area contributed by atoms with Gasteiger partial charge < -0.3 is 10.4 Å². The number of thioether (sulfide) groups is 1. The van der Waals surface area contributed by atoms with Gasteiger partial charge in [-0.25, -0.2) is 0 Å². The molecule has 0 amide bonds. The van der Waals surface area contributed by atoms with Crippen LogP contribution in [0.4, 0.5) is 0 Å². The fraction of sp³-hybridized carbons (Fsp3) is 0.600. The summed E-state index contributed by atoms with van der Waals surface area (Å²) in [6, 6.07) is 6.24. The first kappa shape index (κ1) is 14.8. The molecule has 0 bridgehead atoms. The van der Waals surface area contributed by atoms with E-state index in [-0.39, 0.29) is 12.1 Å². The number of hydrogen-bond acceptors (Lipinski definition) is 5. The first-order valence-corrected chi connectivity index (χ1v) is 8.44. The number of pyridine rings is 1. The van der Waals surface area contributed by atoms with E-state index in [9.17, 15) is 5.11 Å². The second-order valence-corrected chi connectivity index (χ2v) is 7.03. The molecule has 6 heteroatoms. The Hall–Kier alpha value is -1.11. The van der Waals surface area contributed by atoms with Crippen LogP contribution in [0.5, 0.6) is 0 Å². The Kier molecular flexibility index (Phi) is 4.19. The monoisotopic (exact) mass is 306 g/mol. The van der Waals surface area contributed by atoms with E-state index in [2.05, 4.69) is 29.4 Å². The summed E-state index contributed by atoms with van der Waals surface area (Å²) < 4.78 is 2.00. The van der Waals surface area contributed by atoms with Crippen LogP contribution in [0.25, 0.3) is 5.65 Å². The molecule has 1 saturated carbocycles. The number of rotatable bonds is 7. The molecule has 0 aliphatic heterocycles. The maximum absolute atomic E-state index is 9.96. The van der Waals surface area contributed by atoms with Gasteiger partial charge in [0.2, 0.25) is 0 Å². The van der Waals surface area contributed by atoms with Crippen molar-refractivity contribution in [2.24, 2.45) is 5.92 Å². The average Bonchev–Trinajstić information content (AvgIpc) is 3.25. The van der Waals surface area contributed by atoms with Gasteiger partial charge in [-0.05, 0) is 30.9 Å². The van der Waals surface area contributed by atoms with Crippen LogP contribution in [0.15, 0.2) is 29.6 Å². The van der Waals surface area contributed by atoms with E-state index < -0.39 is 0 Å². The second-order valence-electron chi connectivity index (χ2n) is 6.09. The zero-order valence-corrected chi connectivity index (χ0v) is 13.3. The van der Waals surface area contributed by atoms with Crippen molar-refractivity contribution in [2.75, 3.05) is 12.4 Å². The Bertz CT molecular complexity index is 610. The molecule has 0 saturated heterocycles. The Morgan fingerprint density at radius 2 is 2.24 bits per heavy atom. The number of nitrogens with zero attached hydrogens (tertiary/aromatic N) is 3. The maximum Gasteiger partial charge on any atom is 0.195 e. The first-order valence-electron chi connectivity index (χ1n) is 7.46. The molecule has 2 aromatic rings. The molecule has 0 spiro atoms. The molecular formula is C15H22N4OS. The molecule has 1 aliphatic rings. The molecule has 0 radical (unpaired) electrons. The van der Waals surface area contributed by atoms with Crippen molar-refractivity contribution in [2.45, 2.75) is 43.4 Å². The number of aliphatic hydroxyl groups is 1. The van der Waals surface area contributed by atoms with Crippen LogP contribution in [-0.4, -0.2) is 43.6 Å². The van der Waals surface area contributed by atoms with Crippen molar-refractivity contribution in [3.63, 3.8) is 0 Å². The summed E-state index contributed by atoms with van der Waals surface area (Å²) in [6.07, 6.45) is 4.37. The van der Waals surface area contributed by atoms with E-state index in [4.69, 9.17) is 0 Å². The summed E-state index contributed by atoms with van der Waals surface area (Å²) in [6.45, 7) is 4.42. The van der Waals surface area contributed by atoms with Crippen molar-refractivity contribution in [3.05, 3.63) is 24.4 Å². The van der Waals surface area contributed by atoms with E-state index in [1.807, 2.05) is 28.8 Å². The van der Waals surface area contributed by atoms with Crippen LogP contribution in [0.3, 0.4) is 0 Å². The van der Waals surface area contributed by atoms with Gasteiger partial charge in [0.15, 0.2) is 10.8 Å². The molecule has 0 aromatic carbocycles. The highest BCUT2D eigenvalue weighted by Crippen LogP contribution is 2.42. The van der Waals surface area contributed by atoms with Gasteiger partial charge in [0.1, 0.15) is 0 Å². The molecule has 5 nitrogen and oxygen atoms in total. The molecule has 1 atom stereocenters. The minimum Gasteiger partial charge on any atom is -0.394 e. The minimum absolute atomic E-state index is 0.166. The van der Waals surface area contributed by atoms with Crippen LogP contribution < -0.4 is 5.32 Å². The third-order valence-electron chi connectivity index (χ3n) is 3.96. The topological polar surface area (TPSA) is 62.5 Å². The van der Waals surface area contributed by atoms with Gasteiger partial charge in [-0.3, -0.25) is 4.40 Å². The average molecular weight is 306 g/mol. The van der Waals surface area contributed by atoms with Crippen molar-refractivity contribution in [1.82, 2.24) is 19.9 Å². The van der Waals surface area contributed by atoms with Crippen LogP contribution >= 0.6 is 11.8 Å². The summed E-state index contributed by atoms with van der Waals surface area (Å²) in [7, 11) is 0. The predicted molar refractivity (Wildman–Crippen MR) is 84.5 cm³/mol. The highest BCUT2D eigenvalue weighted by molar-refractivity contribution is 7.99. The maximum atomic E-state index is 9.96. The Morgan fingerprint density at radius 3 is 2.90 bits per heavy atom. The van der Waals surface area contributed by atoms with Crippen molar-refractivity contribution < 1.29 is 5.11 Å². The van der Waals surface area contributed by atoms with E-state index in [1.54, 1.807) is 11.8 Å². The van der Waals surface area contributed by atoms with Gasteiger partial charge in [-0.2, -0.15) is 0 Å². The molecule has 3 rings (SSSR count). The number of fused-ring (bicyclic) bond motifs is 1. The van der Waals surface area contributed by atoms with Gasteiger partial charge in [0, 0.05) is 18.0 Å². The lowest BCUT2D eigenvalue weighted by Crippen LogP contribution is -2.55. The van der Waals surface area contributed by atoms with Crippen LogP contribution in [-0.2, 0) is 0 Å². The number of nitrogens with one attached hydrogen (secondary N) is 1. The molecule has 2 N–H and O–H groups in total. The van der Waals surface area contributed by atoms with Gasteiger partial charge in [0.05, 0.1) is 12.1 Å². The van der Waals surface area contributed by atoms with Gasteiger partial charge in [-0.15, -0.1) is 10.2 Å². The smallest absolute Gasteiger partial charge is 0.195 e. The zero-order valence-electron chi connectivity index (χ0n) is 12.5. The summed E-state index contributed by atoms with van der Waals surface area (Å²) >= 11 is 1.67. The molecule has 2 aromatic heterocycles. The van der Waals surface area contributed by atoms with Gasteiger partial charge in [-0.1, -0.05) is 31.7 Å². The fourth-order valence-corrected chi connectivity index (χ4v) is 4.01. The molecule has 1 unspecified atom stereocenters. The molecular weight excluding hydrogens is 284 g/mol.